The molecule has 1 fully saturated rings. The maximum absolute atomic E-state index is 4.68. The van der Waals surface area contributed by atoms with Crippen LogP contribution in [0.4, 0.5) is 5.82 Å². The minimum Gasteiger partial charge on any atom is -0.354 e. The molecule has 2 heterocycles. The Morgan fingerprint density at radius 2 is 1.72 bits per heavy atom. The highest BCUT2D eigenvalue weighted by Gasteiger charge is 2.18. The Labute approximate surface area is 109 Å². The minimum atomic E-state index is 0.814. The fourth-order valence-electron chi connectivity index (χ4n) is 2.18. The lowest BCUT2D eigenvalue weighted by Gasteiger charge is -2.34. The van der Waals surface area contributed by atoms with E-state index in [4.69, 9.17) is 0 Å². The van der Waals surface area contributed by atoms with Crippen LogP contribution in [-0.4, -0.2) is 48.1 Å². The van der Waals surface area contributed by atoms with Crippen molar-refractivity contribution in [1.29, 1.82) is 0 Å². The predicted molar refractivity (Wildman–Crippen MR) is 75.9 cm³/mol. The Morgan fingerprint density at radius 1 is 1.06 bits per heavy atom. The lowest BCUT2D eigenvalue weighted by molar-refractivity contribution is 0.312. The highest BCUT2D eigenvalue weighted by molar-refractivity contribution is 5.53. The Kier molecular flexibility index (Phi) is 3.97. The van der Waals surface area contributed by atoms with Gasteiger partial charge in [-0.1, -0.05) is 6.08 Å². The van der Waals surface area contributed by atoms with E-state index in [0.717, 1.165) is 43.5 Å². The number of likely N-dealkylation sites (N-methyl/N-ethyl adjacent to an activating group) is 1. The van der Waals surface area contributed by atoms with Crippen molar-refractivity contribution < 1.29 is 0 Å². The summed E-state index contributed by atoms with van der Waals surface area (Å²) in [5, 5.41) is 0. The zero-order valence-electron chi connectivity index (χ0n) is 11.8. The first-order chi connectivity index (χ1) is 8.61. The number of anilines is 1. The van der Waals surface area contributed by atoms with E-state index >= 15 is 0 Å². The average molecular weight is 246 g/mol. The van der Waals surface area contributed by atoms with Gasteiger partial charge in [0.15, 0.2) is 5.82 Å². The summed E-state index contributed by atoms with van der Waals surface area (Å²) in [4.78, 5) is 13.9. The highest BCUT2D eigenvalue weighted by atomic mass is 15.3. The van der Waals surface area contributed by atoms with Gasteiger partial charge in [-0.2, -0.15) is 0 Å². The van der Waals surface area contributed by atoms with E-state index < -0.39 is 0 Å². The fraction of sp³-hybridized carbons (Fsp3) is 0.571. The maximum Gasteiger partial charge on any atom is 0.154 e. The molecule has 0 radical (unpaired) electrons. The van der Waals surface area contributed by atoms with Gasteiger partial charge in [-0.05, 0) is 33.9 Å². The number of hydrogen-bond acceptors (Lipinski definition) is 4. The number of hydrogen-bond donors (Lipinski definition) is 0. The molecule has 1 aromatic rings. The summed E-state index contributed by atoms with van der Waals surface area (Å²) in [5.74, 6) is 1.92. The fourth-order valence-corrected chi connectivity index (χ4v) is 2.18. The second-order valence-corrected chi connectivity index (χ2v) is 4.91. The van der Waals surface area contributed by atoms with E-state index in [-0.39, 0.29) is 0 Å². The summed E-state index contributed by atoms with van der Waals surface area (Å²) in [6.45, 7) is 10.5. The van der Waals surface area contributed by atoms with Crippen LogP contribution in [0.3, 0.4) is 0 Å². The average Bonchev–Trinajstić information content (AvgIpc) is 2.35. The predicted octanol–water partition coefficient (Wildman–Crippen LogP) is 1.88. The van der Waals surface area contributed by atoms with Gasteiger partial charge < -0.3 is 9.80 Å². The van der Waals surface area contributed by atoms with Crippen molar-refractivity contribution >= 4 is 11.9 Å². The standard InChI is InChI=1S/C14H22N4/c1-5-6-13-15-12(3)11(2)14(16-13)18-9-7-17(4)8-10-18/h5-6H,7-10H2,1-4H3. The van der Waals surface area contributed by atoms with Crippen molar-refractivity contribution in [1.82, 2.24) is 14.9 Å². The molecule has 98 valence electrons. The molecule has 2 rings (SSSR count). The zero-order chi connectivity index (χ0) is 13.1. The smallest absolute Gasteiger partial charge is 0.154 e. The molecule has 0 unspecified atom stereocenters. The summed E-state index contributed by atoms with van der Waals surface area (Å²) in [6, 6.07) is 0. The topological polar surface area (TPSA) is 32.3 Å². The van der Waals surface area contributed by atoms with Gasteiger partial charge in [0.05, 0.1) is 0 Å². The second-order valence-electron chi connectivity index (χ2n) is 4.91. The quantitative estimate of drug-likeness (QED) is 0.797. The van der Waals surface area contributed by atoms with Crippen LogP contribution < -0.4 is 4.90 Å². The lowest BCUT2D eigenvalue weighted by Crippen LogP contribution is -2.45. The van der Waals surface area contributed by atoms with Crippen LogP contribution in [0.25, 0.3) is 6.08 Å². The number of aryl methyl sites for hydroxylation is 1. The summed E-state index contributed by atoms with van der Waals surface area (Å²) in [6.07, 6.45) is 3.95. The van der Waals surface area contributed by atoms with Crippen molar-refractivity contribution in [2.24, 2.45) is 0 Å². The van der Waals surface area contributed by atoms with Crippen LogP contribution >= 0.6 is 0 Å². The van der Waals surface area contributed by atoms with Crippen molar-refractivity contribution in [2.75, 3.05) is 38.1 Å². The zero-order valence-corrected chi connectivity index (χ0v) is 11.8. The third-order valence-electron chi connectivity index (χ3n) is 3.50. The lowest BCUT2D eigenvalue weighted by atomic mass is 10.2. The van der Waals surface area contributed by atoms with Crippen LogP contribution in [0, 0.1) is 13.8 Å². The number of nitrogens with zero attached hydrogens (tertiary/aromatic N) is 4. The molecule has 1 aliphatic rings. The third kappa shape index (κ3) is 2.70. The second kappa shape index (κ2) is 5.48. The Hall–Kier alpha value is -1.42. The largest absolute Gasteiger partial charge is 0.354 e. The number of aromatic nitrogens is 2. The van der Waals surface area contributed by atoms with Gasteiger partial charge in [-0.25, -0.2) is 9.97 Å². The number of piperazine rings is 1. The van der Waals surface area contributed by atoms with E-state index in [1.807, 2.05) is 19.1 Å². The van der Waals surface area contributed by atoms with Gasteiger partial charge in [0.25, 0.3) is 0 Å². The maximum atomic E-state index is 4.68. The molecular weight excluding hydrogens is 224 g/mol. The van der Waals surface area contributed by atoms with Gasteiger partial charge in [0.1, 0.15) is 5.82 Å². The summed E-state index contributed by atoms with van der Waals surface area (Å²) < 4.78 is 0. The first kappa shape index (κ1) is 13.0. The van der Waals surface area contributed by atoms with Gasteiger partial charge in [-0.3, -0.25) is 0 Å². The SMILES string of the molecule is CC=Cc1nc(C)c(C)c(N2CCN(C)CC2)n1. The van der Waals surface area contributed by atoms with E-state index in [9.17, 15) is 0 Å². The normalized spacial score (nSPS) is 17.7. The van der Waals surface area contributed by atoms with E-state index in [1.54, 1.807) is 0 Å². The number of rotatable bonds is 2. The molecule has 0 bridgehead atoms. The highest BCUT2D eigenvalue weighted by Crippen LogP contribution is 2.21. The molecule has 1 aromatic heterocycles. The molecule has 0 aliphatic carbocycles. The van der Waals surface area contributed by atoms with Crippen molar-refractivity contribution in [2.45, 2.75) is 20.8 Å². The van der Waals surface area contributed by atoms with E-state index in [2.05, 4.69) is 40.7 Å². The molecule has 0 amide bonds. The third-order valence-corrected chi connectivity index (χ3v) is 3.50. The van der Waals surface area contributed by atoms with Crippen LogP contribution in [-0.2, 0) is 0 Å². The Morgan fingerprint density at radius 3 is 2.33 bits per heavy atom. The molecule has 1 aliphatic heterocycles. The summed E-state index contributed by atoms with van der Waals surface area (Å²) in [7, 11) is 2.17. The molecule has 0 saturated carbocycles. The monoisotopic (exact) mass is 246 g/mol. The van der Waals surface area contributed by atoms with Gasteiger partial charge >= 0.3 is 0 Å². The first-order valence-corrected chi connectivity index (χ1v) is 6.53. The Balaban J connectivity index is 2.31. The number of allylic oxidation sites excluding steroid dienone is 1. The molecule has 4 heteroatoms. The van der Waals surface area contributed by atoms with Crippen LogP contribution in [0.2, 0.25) is 0 Å². The van der Waals surface area contributed by atoms with Gasteiger partial charge in [-0.15, -0.1) is 0 Å². The molecule has 0 aromatic carbocycles. The molecule has 0 N–H and O–H groups in total. The molecule has 0 spiro atoms. The minimum absolute atomic E-state index is 0.814. The van der Waals surface area contributed by atoms with Crippen LogP contribution in [0.5, 0.6) is 0 Å². The van der Waals surface area contributed by atoms with Crippen LogP contribution in [0.15, 0.2) is 6.08 Å². The van der Waals surface area contributed by atoms with Gasteiger partial charge in [0.2, 0.25) is 0 Å². The van der Waals surface area contributed by atoms with Gasteiger partial charge in [0, 0.05) is 37.4 Å². The van der Waals surface area contributed by atoms with Crippen molar-refractivity contribution in [3.8, 4) is 0 Å². The Bertz CT molecular complexity index is 445. The van der Waals surface area contributed by atoms with E-state index in [1.165, 1.54) is 5.56 Å². The molecule has 1 saturated heterocycles. The first-order valence-electron chi connectivity index (χ1n) is 6.53. The van der Waals surface area contributed by atoms with Crippen LogP contribution in [0.1, 0.15) is 24.0 Å². The summed E-state index contributed by atoms with van der Waals surface area (Å²) >= 11 is 0. The molecule has 0 atom stereocenters. The van der Waals surface area contributed by atoms with Crippen molar-refractivity contribution in [3.63, 3.8) is 0 Å². The van der Waals surface area contributed by atoms with E-state index in [0.29, 0.717) is 0 Å². The summed E-state index contributed by atoms with van der Waals surface area (Å²) in [5.41, 5.74) is 2.28. The molecule has 18 heavy (non-hydrogen) atoms. The molecule has 4 nitrogen and oxygen atoms in total. The molecular formula is C14H22N4. The van der Waals surface area contributed by atoms with Crippen molar-refractivity contribution in [3.05, 3.63) is 23.2 Å².